The zero-order valence-electron chi connectivity index (χ0n) is 12.6. The molecule has 2 aliphatic rings. The topological polar surface area (TPSA) is 49.3 Å². The van der Waals surface area contributed by atoms with Gasteiger partial charge in [-0.1, -0.05) is 49.9 Å². The Morgan fingerprint density at radius 2 is 1.62 bits per heavy atom. The average molecular weight is 287 g/mol. The van der Waals surface area contributed by atoms with Crippen LogP contribution in [0.4, 0.5) is 0 Å². The predicted octanol–water partition coefficient (Wildman–Crippen LogP) is 3.86. The van der Waals surface area contributed by atoms with Crippen LogP contribution in [-0.4, -0.2) is 17.6 Å². The van der Waals surface area contributed by atoms with Crippen LogP contribution in [0.1, 0.15) is 68.0 Å². The highest BCUT2D eigenvalue weighted by atomic mass is 16.4. The minimum atomic E-state index is -0.680. The first kappa shape index (κ1) is 14.6. The van der Waals surface area contributed by atoms with Crippen LogP contribution in [-0.2, 0) is 4.79 Å². The lowest BCUT2D eigenvalue weighted by Gasteiger charge is -2.16. The van der Waals surface area contributed by atoms with E-state index in [0.29, 0.717) is 13.0 Å². The highest BCUT2D eigenvalue weighted by Crippen LogP contribution is 2.33. The number of carboxylic acids is 1. The number of hydrogen-bond acceptors (Lipinski definition) is 2. The van der Waals surface area contributed by atoms with E-state index in [9.17, 15) is 4.79 Å². The summed E-state index contributed by atoms with van der Waals surface area (Å²) in [6.07, 6.45) is 8.84. The van der Waals surface area contributed by atoms with E-state index in [4.69, 9.17) is 5.11 Å². The third kappa shape index (κ3) is 3.46. The van der Waals surface area contributed by atoms with Crippen LogP contribution in [0.25, 0.3) is 0 Å². The van der Waals surface area contributed by atoms with Gasteiger partial charge in [-0.15, -0.1) is 0 Å². The SMILES string of the molecule is O=C(O)C1CNC(c2ccc(C3CCCCCC3)cc2)C1. The van der Waals surface area contributed by atoms with Crippen molar-refractivity contribution in [1.29, 1.82) is 0 Å². The van der Waals surface area contributed by atoms with Gasteiger partial charge in [0, 0.05) is 12.6 Å². The first-order chi connectivity index (χ1) is 10.2. The zero-order valence-corrected chi connectivity index (χ0v) is 12.6. The third-order valence-electron chi connectivity index (χ3n) is 5.15. The molecule has 21 heavy (non-hydrogen) atoms. The van der Waals surface area contributed by atoms with E-state index in [-0.39, 0.29) is 12.0 Å². The van der Waals surface area contributed by atoms with E-state index in [1.165, 1.54) is 49.7 Å². The molecule has 1 saturated carbocycles. The lowest BCUT2D eigenvalue weighted by atomic mass is 9.90. The fourth-order valence-electron chi connectivity index (χ4n) is 3.79. The molecule has 1 aromatic rings. The molecule has 1 aliphatic heterocycles. The highest BCUT2D eigenvalue weighted by Gasteiger charge is 2.30. The van der Waals surface area contributed by atoms with Crippen molar-refractivity contribution in [3.05, 3.63) is 35.4 Å². The van der Waals surface area contributed by atoms with Gasteiger partial charge in [0.15, 0.2) is 0 Å². The molecule has 3 heteroatoms. The smallest absolute Gasteiger partial charge is 0.307 e. The average Bonchev–Trinajstić information content (AvgIpc) is 2.84. The number of carbonyl (C=O) groups is 1. The van der Waals surface area contributed by atoms with Gasteiger partial charge in [-0.2, -0.15) is 0 Å². The molecule has 1 aromatic carbocycles. The number of benzene rings is 1. The summed E-state index contributed by atoms with van der Waals surface area (Å²) >= 11 is 0. The minimum Gasteiger partial charge on any atom is -0.481 e. The summed E-state index contributed by atoms with van der Waals surface area (Å²) in [7, 11) is 0. The largest absolute Gasteiger partial charge is 0.481 e. The third-order valence-corrected chi connectivity index (χ3v) is 5.15. The molecule has 2 unspecified atom stereocenters. The summed E-state index contributed by atoms with van der Waals surface area (Å²) in [5.74, 6) is -0.193. The van der Waals surface area contributed by atoms with Crippen molar-refractivity contribution in [2.45, 2.75) is 56.9 Å². The molecular weight excluding hydrogens is 262 g/mol. The maximum absolute atomic E-state index is 11.0. The van der Waals surface area contributed by atoms with Crippen molar-refractivity contribution < 1.29 is 9.90 Å². The first-order valence-corrected chi connectivity index (χ1v) is 8.30. The highest BCUT2D eigenvalue weighted by molar-refractivity contribution is 5.70. The van der Waals surface area contributed by atoms with Gasteiger partial charge < -0.3 is 10.4 Å². The van der Waals surface area contributed by atoms with Gasteiger partial charge in [0.2, 0.25) is 0 Å². The van der Waals surface area contributed by atoms with Gasteiger partial charge in [-0.3, -0.25) is 4.79 Å². The molecule has 2 fully saturated rings. The molecule has 0 bridgehead atoms. The molecule has 114 valence electrons. The molecule has 3 rings (SSSR count). The normalized spacial score (nSPS) is 27.4. The van der Waals surface area contributed by atoms with E-state index in [0.717, 1.165) is 5.92 Å². The molecule has 2 atom stereocenters. The quantitative estimate of drug-likeness (QED) is 0.830. The molecule has 0 spiro atoms. The fourth-order valence-corrected chi connectivity index (χ4v) is 3.79. The summed E-state index contributed by atoms with van der Waals surface area (Å²) in [4.78, 5) is 11.0. The fraction of sp³-hybridized carbons (Fsp3) is 0.611. The van der Waals surface area contributed by atoms with Crippen LogP contribution in [0, 0.1) is 5.92 Å². The molecule has 1 heterocycles. The van der Waals surface area contributed by atoms with Crippen molar-refractivity contribution in [3.8, 4) is 0 Å². The number of carboxylic acid groups (broad SMARTS) is 1. The summed E-state index contributed by atoms with van der Waals surface area (Å²) in [5.41, 5.74) is 2.70. The Balaban J connectivity index is 1.65. The van der Waals surface area contributed by atoms with Crippen molar-refractivity contribution in [2.75, 3.05) is 6.54 Å². The molecule has 0 aromatic heterocycles. The number of nitrogens with one attached hydrogen (secondary N) is 1. The maximum atomic E-state index is 11.0. The Morgan fingerprint density at radius 1 is 1.00 bits per heavy atom. The van der Waals surface area contributed by atoms with E-state index in [1.807, 2.05) is 0 Å². The van der Waals surface area contributed by atoms with Gasteiger partial charge in [0.25, 0.3) is 0 Å². The second kappa shape index (κ2) is 6.61. The summed E-state index contributed by atoms with van der Waals surface area (Å²) in [5, 5.41) is 12.4. The van der Waals surface area contributed by atoms with Crippen LogP contribution in [0.15, 0.2) is 24.3 Å². The number of hydrogen-bond donors (Lipinski definition) is 2. The van der Waals surface area contributed by atoms with Crippen LogP contribution in [0.3, 0.4) is 0 Å². The first-order valence-electron chi connectivity index (χ1n) is 8.30. The molecule has 2 N–H and O–H groups in total. The number of aliphatic carboxylic acids is 1. The van der Waals surface area contributed by atoms with E-state index in [2.05, 4.69) is 29.6 Å². The van der Waals surface area contributed by atoms with E-state index in [1.54, 1.807) is 0 Å². The Hall–Kier alpha value is -1.35. The minimum absolute atomic E-state index is 0.203. The van der Waals surface area contributed by atoms with E-state index >= 15 is 0 Å². The molecule has 1 aliphatic carbocycles. The molecule has 0 radical (unpaired) electrons. The van der Waals surface area contributed by atoms with Crippen LogP contribution >= 0.6 is 0 Å². The summed E-state index contributed by atoms with van der Waals surface area (Å²) in [6, 6.07) is 9.13. The number of rotatable bonds is 3. The Bertz CT molecular complexity index is 474. The Kier molecular flexibility index (Phi) is 4.59. The maximum Gasteiger partial charge on any atom is 0.307 e. The lowest BCUT2D eigenvalue weighted by molar-refractivity contribution is -0.141. The molecule has 3 nitrogen and oxygen atoms in total. The second-order valence-electron chi connectivity index (χ2n) is 6.59. The van der Waals surface area contributed by atoms with Crippen molar-refractivity contribution in [1.82, 2.24) is 5.32 Å². The summed E-state index contributed by atoms with van der Waals surface area (Å²) in [6.45, 7) is 0.588. The standard InChI is InChI=1S/C18H25NO2/c20-18(21)16-11-17(19-12-16)15-9-7-14(8-10-15)13-5-3-1-2-4-6-13/h7-10,13,16-17,19H,1-6,11-12H2,(H,20,21). The Labute approximate surface area is 126 Å². The zero-order chi connectivity index (χ0) is 14.7. The molecule has 1 saturated heterocycles. The van der Waals surface area contributed by atoms with Gasteiger partial charge in [-0.05, 0) is 36.3 Å². The van der Waals surface area contributed by atoms with Crippen LogP contribution < -0.4 is 5.32 Å². The second-order valence-corrected chi connectivity index (χ2v) is 6.59. The van der Waals surface area contributed by atoms with Crippen molar-refractivity contribution in [3.63, 3.8) is 0 Å². The molecule has 0 amide bonds. The summed E-state index contributed by atoms with van der Waals surface area (Å²) < 4.78 is 0. The van der Waals surface area contributed by atoms with Crippen LogP contribution in [0.2, 0.25) is 0 Å². The van der Waals surface area contributed by atoms with Crippen molar-refractivity contribution >= 4 is 5.97 Å². The molecular formula is C18H25NO2. The van der Waals surface area contributed by atoms with E-state index < -0.39 is 5.97 Å². The monoisotopic (exact) mass is 287 g/mol. The van der Waals surface area contributed by atoms with Crippen LogP contribution in [0.5, 0.6) is 0 Å². The Morgan fingerprint density at radius 3 is 2.19 bits per heavy atom. The van der Waals surface area contributed by atoms with Gasteiger partial charge in [-0.25, -0.2) is 0 Å². The van der Waals surface area contributed by atoms with Gasteiger partial charge in [0.1, 0.15) is 0 Å². The predicted molar refractivity (Wildman–Crippen MR) is 83.4 cm³/mol. The van der Waals surface area contributed by atoms with Gasteiger partial charge >= 0.3 is 5.97 Å². The lowest BCUT2D eigenvalue weighted by Crippen LogP contribution is -2.17. The van der Waals surface area contributed by atoms with Crippen molar-refractivity contribution in [2.24, 2.45) is 5.92 Å². The van der Waals surface area contributed by atoms with Gasteiger partial charge in [0.05, 0.1) is 5.92 Å².